The quantitative estimate of drug-likeness (QED) is 0.851. The van der Waals surface area contributed by atoms with Crippen LogP contribution in [0.3, 0.4) is 0 Å². The van der Waals surface area contributed by atoms with Gasteiger partial charge in [0.1, 0.15) is 0 Å². The van der Waals surface area contributed by atoms with Crippen LogP contribution >= 0.6 is 0 Å². The Balaban J connectivity index is 1.62. The summed E-state index contributed by atoms with van der Waals surface area (Å²) in [6.07, 6.45) is 1.69. The van der Waals surface area contributed by atoms with Crippen LogP contribution in [0, 0.1) is 0 Å². The average Bonchev–Trinajstić information content (AvgIpc) is 2.58. The monoisotopic (exact) mass is 330 g/mol. The fourth-order valence-electron chi connectivity index (χ4n) is 3.59. The van der Waals surface area contributed by atoms with E-state index in [1.165, 1.54) is 5.56 Å². The van der Waals surface area contributed by atoms with Crippen molar-refractivity contribution in [3.8, 4) is 0 Å². The molecular weight excluding hydrogens is 304 g/mol. The van der Waals surface area contributed by atoms with Crippen molar-refractivity contribution in [1.29, 1.82) is 0 Å². The zero-order valence-electron chi connectivity index (χ0n) is 14.6. The summed E-state index contributed by atoms with van der Waals surface area (Å²) in [6, 6.07) is 8.11. The van der Waals surface area contributed by atoms with E-state index in [0.29, 0.717) is 52.1 Å². The fraction of sp³-hybridized carbons (Fsp3) is 0.579. The molecule has 1 saturated heterocycles. The van der Waals surface area contributed by atoms with Crippen molar-refractivity contribution in [3.05, 3.63) is 29.8 Å². The third-order valence-corrected chi connectivity index (χ3v) is 4.95. The van der Waals surface area contributed by atoms with E-state index in [0.717, 1.165) is 5.69 Å². The van der Waals surface area contributed by atoms with Gasteiger partial charge in [-0.1, -0.05) is 32.0 Å². The highest BCUT2D eigenvalue weighted by atomic mass is 16.5. The van der Waals surface area contributed by atoms with Gasteiger partial charge in [-0.15, -0.1) is 0 Å². The summed E-state index contributed by atoms with van der Waals surface area (Å²) in [4.78, 5) is 28.5. The first kappa shape index (κ1) is 17.0. The highest BCUT2D eigenvalue weighted by molar-refractivity contribution is 5.97. The zero-order valence-corrected chi connectivity index (χ0v) is 14.6. The largest absolute Gasteiger partial charge is 0.378 e. The number of para-hydroxylation sites is 1. The van der Waals surface area contributed by atoms with Gasteiger partial charge in [0.15, 0.2) is 0 Å². The number of ether oxygens (including phenoxy) is 1. The molecule has 1 aromatic rings. The summed E-state index contributed by atoms with van der Waals surface area (Å²) in [6.45, 7) is 7.43. The molecule has 0 radical (unpaired) electrons. The van der Waals surface area contributed by atoms with Crippen LogP contribution in [0.1, 0.15) is 38.7 Å². The smallest absolute Gasteiger partial charge is 0.227 e. The lowest BCUT2D eigenvalue weighted by atomic mass is 9.77. The van der Waals surface area contributed by atoms with E-state index in [4.69, 9.17) is 4.74 Å². The summed E-state index contributed by atoms with van der Waals surface area (Å²) in [5, 5.41) is 0. The number of nitrogens with zero attached hydrogens (tertiary/aromatic N) is 2. The van der Waals surface area contributed by atoms with Gasteiger partial charge in [-0.3, -0.25) is 9.59 Å². The number of benzene rings is 1. The fourth-order valence-corrected chi connectivity index (χ4v) is 3.59. The van der Waals surface area contributed by atoms with E-state index >= 15 is 0 Å². The molecule has 3 rings (SSSR count). The summed E-state index contributed by atoms with van der Waals surface area (Å²) < 4.78 is 5.28. The van der Waals surface area contributed by atoms with Gasteiger partial charge in [0.2, 0.25) is 11.8 Å². The number of fused-ring (bicyclic) bond motifs is 1. The van der Waals surface area contributed by atoms with Crippen molar-refractivity contribution in [3.63, 3.8) is 0 Å². The molecule has 24 heavy (non-hydrogen) atoms. The molecule has 1 fully saturated rings. The molecule has 130 valence electrons. The van der Waals surface area contributed by atoms with E-state index in [1.54, 1.807) is 0 Å². The summed E-state index contributed by atoms with van der Waals surface area (Å²) in [5.41, 5.74) is 2.08. The number of carbonyl (C=O) groups excluding carboxylic acids is 2. The Bertz CT molecular complexity index is 621. The second kappa shape index (κ2) is 6.93. The first-order valence-electron chi connectivity index (χ1n) is 8.74. The van der Waals surface area contributed by atoms with Crippen molar-refractivity contribution in [2.75, 3.05) is 37.7 Å². The highest BCUT2D eigenvalue weighted by Gasteiger charge is 2.36. The van der Waals surface area contributed by atoms with Crippen molar-refractivity contribution in [2.24, 2.45) is 0 Å². The molecule has 0 saturated carbocycles. The topological polar surface area (TPSA) is 49.9 Å². The Hall–Kier alpha value is -1.88. The van der Waals surface area contributed by atoms with Crippen molar-refractivity contribution < 1.29 is 14.3 Å². The number of hydrogen-bond donors (Lipinski definition) is 0. The highest BCUT2D eigenvalue weighted by Crippen LogP contribution is 2.39. The molecule has 5 nitrogen and oxygen atoms in total. The second-order valence-corrected chi connectivity index (χ2v) is 7.22. The van der Waals surface area contributed by atoms with Crippen LogP contribution in [0.15, 0.2) is 24.3 Å². The normalized spacial score (nSPS) is 20.0. The number of amides is 2. The molecule has 5 heteroatoms. The molecule has 0 N–H and O–H groups in total. The van der Waals surface area contributed by atoms with Gasteiger partial charge in [0, 0.05) is 43.6 Å². The summed E-state index contributed by atoms with van der Waals surface area (Å²) >= 11 is 0. The molecule has 0 aromatic heterocycles. The van der Waals surface area contributed by atoms with Gasteiger partial charge in [0.25, 0.3) is 0 Å². The van der Waals surface area contributed by atoms with Gasteiger partial charge >= 0.3 is 0 Å². The minimum atomic E-state index is -0.131. The number of hydrogen-bond acceptors (Lipinski definition) is 3. The first-order valence-corrected chi connectivity index (χ1v) is 8.74. The minimum Gasteiger partial charge on any atom is -0.378 e. The third kappa shape index (κ3) is 3.46. The lowest BCUT2D eigenvalue weighted by molar-refractivity contribution is -0.135. The summed E-state index contributed by atoms with van der Waals surface area (Å²) in [7, 11) is 0. The van der Waals surface area contributed by atoms with Crippen LogP contribution in [-0.2, 0) is 19.7 Å². The Morgan fingerprint density at radius 1 is 1.21 bits per heavy atom. The molecule has 0 aliphatic carbocycles. The molecular formula is C19H26N2O3. The Morgan fingerprint density at radius 2 is 1.92 bits per heavy atom. The number of rotatable bonds is 4. The second-order valence-electron chi connectivity index (χ2n) is 7.22. The van der Waals surface area contributed by atoms with E-state index in [9.17, 15) is 9.59 Å². The van der Waals surface area contributed by atoms with E-state index in [-0.39, 0.29) is 17.2 Å². The molecule has 0 bridgehead atoms. The van der Waals surface area contributed by atoms with Crippen LogP contribution in [0.5, 0.6) is 0 Å². The zero-order chi connectivity index (χ0) is 17.2. The number of anilines is 1. The maximum atomic E-state index is 12.6. The molecule has 0 spiro atoms. The standard InChI is InChI=1S/C19H26N2O3/c1-19(2)14-18(23)21(16-7-4-3-6-15(16)19)9-5-8-17(22)20-10-12-24-13-11-20/h3-4,6-7H,5,8-14H2,1-2H3. The van der Waals surface area contributed by atoms with E-state index < -0.39 is 0 Å². The third-order valence-electron chi connectivity index (χ3n) is 4.95. The van der Waals surface area contributed by atoms with Crippen molar-refractivity contribution >= 4 is 17.5 Å². The number of carbonyl (C=O) groups is 2. The van der Waals surface area contributed by atoms with Crippen LogP contribution in [0.2, 0.25) is 0 Å². The predicted molar refractivity (Wildman–Crippen MR) is 93.1 cm³/mol. The average molecular weight is 330 g/mol. The molecule has 0 unspecified atom stereocenters. The lowest BCUT2D eigenvalue weighted by Crippen LogP contribution is -2.43. The van der Waals surface area contributed by atoms with E-state index in [1.807, 2.05) is 28.0 Å². The molecule has 0 atom stereocenters. The number of morpholine rings is 1. The SMILES string of the molecule is CC1(C)CC(=O)N(CCCC(=O)N2CCOCC2)c2ccccc21. The maximum Gasteiger partial charge on any atom is 0.227 e. The van der Waals surface area contributed by atoms with Gasteiger partial charge in [0.05, 0.1) is 13.2 Å². The molecule has 2 aliphatic heterocycles. The van der Waals surface area contributed by atoms with Crippen LogP contribution in [0.25, 0.3) is 0 Å². The van der Waals surface area contributed by atoms with Crippen LogP contribution in [0.4, 0.5) is 5.69 Å². The van der Waals surface area contributed by atoms with Gasteiger partial charge in [-0.05, 0) is 18.1 Å². The first-order chi connectivity index (χ1) is 11.5. The van der Waals surface area contributed by atoms with Crippen molar-refractivity contribution in [1.82, 2.24) is 4.90 Å². The summed E-state index contributed by atoms with van der Waals surface area (Å²) in [5.74, 6) is 0.314. The molecule has 2 aliphatic rings. The minimum absolute atomic E-state index is 0.131. The Labute approximate surface area is 143 Å². The Morgan fingerprint density at radius 3 is 2.67 bits per heavy atom. The van der Waals surface area contributed by atoms with Crippen LogP contribution < -0.4 is 4.90 Å². The predicted octanol–water partition coefficient (Wildman–Crippen LogP) is 2.34. The molecule has 2 heterocycles. The molecule has 2 amide bonds. The van der Waals surface area contributed by atoms with E-state index in [2.05, 4.69) is 19.9 Å². The molecule has 1 aromatic carbocycles. The van der Waals surface area contributed by atoms with Crippen LogP contribution in [-0.4, -0.2) is 49.6 Å². The van der Waals surface area contributed by atoms with Gasteiger partial charge in [-0.2, -0.15) is 0 Å². The van der Waals surface area contributed by atoms with Crippen molar-refractivity contribution in [2.45, 2.75) is 38.5 Å². The van der Waals surface area contributed by atoms with Gasteiger partial charge < -0.3 is 14.5 Å². The maximum absolute atomic E-state index is 12.6. The Kier molecular flexibility index (Phi) is 4.90. The van der Waals surface area contributed by atoms with Gasteiger partial charge in [-0.25, -0.2) is 0 Å². The lowest BCUT2D eigenvalue weighted by Gasteiger charge is -2.38.